The van der Waals surface area contributed by atoms with E-state index in [-0.39, 0.29) is 23.9 Å². The number of aromatic amines is 1. The second kappa shape index (κ2) is 6.96. The number of ether oxygens (including phenoxy) is 1. The number of aromatic nitrogens is 2. The Morgan fingerprint density at radius 3 is 2.74 bits per heavy atom. The lowest BCUT2D eigenvalue weighted by atomic mass is 9.90. The van der Waals surface area contributed by atoms with E-state index in [2.05, 4.69) is 17.1 Å². The van der Waals surface area contributed by atoms with Gasteiger partial charge in [-0.3, -0.25) is 14.3 Å². The summed E-state index contributed by atoms with van der Waals surface area (Å²) >= 11 is 0. The standard InChI is InChI=1S/C18H22N2O3/c1-2-23-12-20-16-14(13-8-4-3-5-9-13)10-6-7-11-15(16)17(21)19-18(20)22/h3-5,8-9,14H,2,6-7,10-12H2,1H3,(H,19,21,22). The van der Waals surface area contributed by atoms with E-state index in [1.807, 2.05) is 25.1 Å². The fourth-order valence-corrected chi connectivity index (χ4v) is 3.38. The normalized spacial score (nSPS) is 17.5. The van der Waals surface area contributed by atoms with Gasteiger partial charge in [-0.25, -0.2) is 4.79 Å². The van der Waals surface area contributed by atoms with Crippen LogP contribution in [-0.2, 0) is 17.9 Å². The molecule has 1 aromatic heterocycles. The minimum atomic E-state index is -0.384. The molecule has 23 heavy (non-hydrogen) atoms. The molecule has 0 fully saturated rings. The van der Waals surface area contributed by atoms with Crippen molar-refractivity contribution in [2.24, 2.45) is 0 Å². The van der Waals surface area contributed by atoms with Crippen LogP contribution in [0, 0.1) is 0 Å². The predicted molar refractivity (Wildman–Crippen MR) is 88.8 cm³/mol. The quantitative estimate of drug-likeness (QED) is 0.881. The summed E-state index contributed by atoms with van der Waals surface area (Å²) in [7, 11) is 0. The Hall–Kier alpha value is -2.14. The summed E-state index contributed by atoms with van der Waals surface area (Å²) < 4.78 is 7.07. The van der Waals surface area contributed by atoms with Crippen LogP contribution in [0.2, 0.25) is 0 Å². The highest BCUT2D eigenvalue weighted by Gasteiger charge is 2.26. The molecule has 0 radical (unpaired) electrons. The number of hydrogen-bond donors (Lipinski definition) is 1. The second-order valence-electron chi connectivity index (χ2n) is 5.88. The Bertz CT molecular complexity index is 777. The van der Waals surface area contributed by atoms with Gasteiger partial charge in [0.2, 0.25) is 0 Å². The van der Waals surface area contributed by atoms with Crippen molar-refractivity contribution in [1.29, 1.82) is 0 Å². The molecule has 1 heterocycles. The highest BCUT2D eigenvalue weighted by molar-refractivity contribution is 5.34. The molecule has 0 aliphatic heterocycles. The fraction of sp³-hybridized carbons (Fsp3) is 0.444. The Morgan fingerprint density at radius 1 is 1.22 bits per heavy atom. The number of fused-ring (bicyclic) bond motifs is 1. The van der Waals surface area contributed by atoms with E-state index in [0.29, 0.717) is 13.0 Å². The van der Waals surface area contributed by atoms with E-state index in [0.717, 1.165) is 36.1 Å². The van der Waals surface area contributed by atoms with Gasteiger partial charge in [0.25, 0.3) is 5.56 Å². The third kappa shape index (κ3) is 3.15. The first kappa shape index (κ1) is 15.7. The fourth-order valence-electron chi connectivity index (χ4n) is 3.38. The summed E-state index contributed by atoms with van der Waals surface area (Å²) in [5, 5.41) is 0. The van der Waals surface area contributed by atoms with Crippen LogP contribution in [0.15, 0.2) is 39.9 Å². The van der Waals surface area contributed by atoms with Crippen LogP contribution >= 0.6 is 0 Å². The Kier molecular flexibility index (Phi) is 4.76. The maximum atomic E-state index is 12.3. The molecule has 2 aromatic rings. The van der Waals surface area contributed by atoms with Crippen molar-refractivity contribution in [3.63, 3.8) is 0 Å². The van der Waals surface area contributed by atoms with Crippen LogP contribution in [0.25, 0.3) is 0 Å². The SMILES string of the molecule is CCOCn1c2c(c(=O)[nH]c1=O)CCCCC2c1ccccc1. The lowest BCUT2D eigenvalue weighted by molar-refractivity contribution is 0.0814. The van der Waals surface area contributed by atoms with Gasteiger partial charge in [-0.2, -0.15) is 0 Å². The largest absolute Gasteiger partial charge is 0.361 e. The lowest BCUT2D eigenvalue weighted by Crippen LogP contribution is -2.37. The molecule has 1 N–H and O–H groups in total. The zero-order chi connectivity index (χ0) is 16.2. The highest BCUT2D eigenvalue weighted by atomic mass is 16.5. The Labute approximate surface area is 134 Å². The maximum absolute atomic E-state index is 12.3. The number of H-pyrrole nitrogens is 1. The van der Waals surface area contributed by atoms with Gasteiger partial charge < -0.3 is 4.74 Å². The topological polar surface area (TPSA) is 64.1 Å². The van der Waals surface area contributed by atoms with E-state index in [1.54, 1.807) is 4.57 Å². The molecule has 1 unspecified atom stereocenters. The molecule has 122 valence electrons. The highest BCUT2D eigenvalue weighted by Crippen LogP contribution is 2.33. The number of nitrogens with zero attached hydrogens (tertiary/aromatic N) is 1. The molecule has 1 aromatic carbocycles. The lowest BCUT2D eigenvalue weighted by Gasteiger charge is -2.22. The van der Waals surface area contributed by atoms with Gasteiger partial charge in [-0.1, -0.05) is 36.8 Å². The number of rotatable bonds is 4. The molecule has 0 spiro atoms. The number of nitrogens with one attached hydrogen (secondary N) is 1. The third-order valence-electron chi connectivity index (χ3n) is 4.47. The molecule has 0 amide bonds. The molecular formula is C18H22N2O3. The smallest absolute Gasteiger partial charge is 0.330 e. The first-order valence-electron chi connectivity index (χ1n) is 8.21. The van der Waals surface area contributed by atoms with Gasteiger partial charge in [-0.05, 0) is 31.7 Å². The summed E-state index contributed by atoms with van der Waals surface area (Å²) in [6.45, 7) is 2.60. The Morgan fingerprint density at radius 2 is 2.00 bits per heavy atom. The molecular weight excluding hydrogens is 292 g/mol. The van der Waals surface area contributed by atoms with Crippen LogP contribution in [0.1, 0.15) is 48.9 Å². The van der Waals surface area contributed by atoms with Crippen LogP contribution in [-0.4, -0.2) is 16.2 Å². The second-order valence-corrected chi connectivity index (χ2v) is 5.88. The minimum Gasteiger partial charge on any atom is -0.361 e. The van der Waals surface area contributed by atoms with Gasteiger partial charge in [0.15, 0.2) is 0 Å². The van der Waals surface area contributed by atoms with Gasteiger partial charge >= 0.3 is 5.69 Å². The van der Waals surface area contributed by atoms with Gasteiger partial charge in [-0.15, -0.1) is 0 Å². The molecule has 1 aliphatic carbocycles. The number of hydrogen-bond acceptors (Lipinski definition) is 3. The average molecular weight is 314 g/mol. The van der Waals surface area contributed by atoms with Crippen molar-refractivity contribution in [1.82, 2.24) is 9.55 Å². The van der Waals surface area contributed by atoms with Crippen LogP contribution < -0.4 is 11.2 Å². The van der Waals surface area contributed by atoms with Crippen LogP contribution in [0.5, 0.6) is 0 Å². The predicted octanol–water partition coefficient (Wildman–Crippen LogP) is 2.39. The van der Waals surface area contributed by atoms with Crippen molar-refractivity contribution < 1.29 is 4.74 Å². The average Bonchev–Trinajstić information content (AvgIpc) is 2.79. The Balaban J connectivity index is 2.21. The molecule has 0 bridgehead atoms. The van der Waals surface area contributed by atoms with Crippen molar-refractivity contribution in [3.05, 3.63) is 68.0 Å². The van der Waals surface area contributed by atoms with Crippen molar-refractivity contribution in [2.75, 3.05) is 6.61 Å². The molecule has 5 nitrogen and oxygen atoms in total. The van der Waals surface area contributed by atoms with Crippen molar-refractivity contribution in [3.8, 4) is 0 Å². The van der Waals surface area contributed by atoms with Crippen molar-refractivity contribution in [2.45, 2.75) is 45.3 Å². The number of benzene rings is 1. The first-order chi connectivity index (χ1) is 11.2. The van der Waals surface area contributed by atoms with Gasteiger partial charge in [0.05, 0.1) is 0 Å². The van der Waals surface area contributed by atoms with Crippen LogP contribution in [0.4, 0.5) is 0 Å². The van der Waals surface area contributed by atoms with Crippen LogP contribution in [0.3, 0.4) is 0 Å². The summed E-state index contributed by atoms with van der Waals surface area (Å²) in [6, 6.07) is 10.1. The van der Waals surface area contributed by atoms with E-state index in [9.17, 15) is 9.59 Å². The summed E-state index contributed by atoms with van der Waals surface area (Å²) in [5.41, 5.74) is 2.07. The van der Waals surface area contributed by atoms with Gasteiger partial charge in [0.1, 0.15) is 6.73 Å². The molecule has 0 saturated heterocycles. The van der Waals surface area contributed by atoms with E-state index in [4.69, 9.17) is 4.74 Å². The molecule has 3 rings (SSSR count). The maximum Gasteiger partial charge on any atom is 0.330 e. The molecule has 1 atom stereocenters. The van der Waals surface area contributed by atoms with Crippen molar-refractivity contribution >= 4 is 0 Å². The minimum absolute atomic E-state index is 0.0594. The monoisotopic (exact) mass is 314 g/mol. The summed E-state index contributed by atoms with van der Waals surface area (Å²) in [5.74, 6) is 0.0594. The summed E-state index contributed by atoms with van der Waals surface area (Å²) in [4.78, 5) is 27.1. The van der Waals surface area contributed by atoms with E-state index in [1.165, 1.54) is 0 Å². The third-order valence-corrected chi connectivity index (χ3v) is 4.47. The zero-order valence-corrected chi connectivity index (χ0v) is 13.4. The van der Waals surface area contributed by atoms with Gasteiger partial charge in [0, 0.05) is 23.8 Å². The molecule has 1 aliphatic rings. The zero-order valence-electron chi connectivity index (χ0n) is 13.4. The first-order valence-corrected chi connectivity index (χ1v) is 8.21. The molecule has 0 saturated carbocycles. The molecule has 5 heteroatoms. The summed E-state index contributed by atoms with van der Waals surface area (Å²) in [6.07, 6.45) is 3.65. The van der Waals surface area contributed by atoms with E-state index < -0.39 is 0 Å². The van der Waals surface area contributed by atoms with E-state index >= 15 is 0 Å².